The number of carbonyl (C=O) groups is 1. The molecule has 6 nitrogen and oxygen atoms in total. The highest BCUT2D eigenvalue weighted by molar-refractivity contribution is 5.97. The van der Waals surface area contributed by atoms with Gasteiger partial charge in [0, 0.05) is 42.6 Å². The Morgan fingerprint density at radius 2 is 2.17 bits per heavy atom. The van der Waals surface area contributed by atoms with Crippen LogP contribution >= 0.6 is 0 Å². The number of aromatic amines is 1. The number of aromatic nitrogens is 3. The third-order valence-electron chi connectivity index (χ3n) is 3.64. The average molecular weight is 330 g/mol. The van der Waals surface area contributed by atoms with E-state index in [4.69, 9.17) is 4.74 Å². The molecule has 0 aliphatic carbocycles. The molecule has 2 N–H and O–H groups in total. The van der Waals surface area contributed by atoms with Crippen molar-refractivity contribution in [3.05, 3.63) is 47.0 Å². The van der Waals surface area contributed by atoms with E-state index in [1.807, 2.05) is 32.9 Å². The minimum Gasteiger partial charge on any atom is -0.379 e. The number of nitrogens with one attached hydrogen (secondary N) is 2. The minimum absolute atomic E-state index is 0.0514. The Kier molecular flexibility index (Phi) is 7.08. The first-order valence-corrected chi connectivity index (χ1v) is 8.35. The number of Topliss-reactive ketones (excluding diaryl/α,β-unsaturated/α-hetero) is 1. The van der Waals surface area contributed by atoms with Crippen LogP contribution in [0.1, 0.15) is 47.6 Å². The highest BCUT2D eigenvalue weighted by atomic mass is 16.5. The zero-order valence-electron chi connectivity index (χ0n) is 14.6. The van der Waals surface area contributed by atoms with Crippen LogP contribution in [0.2, 0.25) is 0 Å². The van der Waals surface area contributed by atoms with Gasteiger partial charge in [-0.05, 0) is 45.9 Å². The second-order valence-electron chi connectivity index (χ2n) is 6.11. The molecule has 2 rings (SSSR count). The maximum atomic E-state index is 12.3. The molecule has 2 aromatic heterocycles. The molecule has 0 spiro atoms. The lowest BCUT2D eigenvalue weighted by Crippen LogP contribution is -2.18. The number of aryl methyl sites for hydroxylation is 1. The second kappa shape index (κ2) is 9.30. The van der Waals surface area contributed by atoms with Crippen LogP contribution in [0.25, 0.3) is 0 Å². The van der Waals surface area contributed by atoms with Gasteiger partial charge in [0.05, 0.1) is 18.0 Å². The fraction of sp³-hybridized carbons (Fsp3) is 0.500. The molecule has 2 aromatic rings. The van der Waals surface area contributed by atoms with Crippen molar-refractivity contribution in [3.8, 4) is 0 Å². The Morgan fingerprint density at radius 3 is 2.88 bits per heavy atom. The SMILES string of the molecule is Cc1ccc(C(=O)Cc2cn[nH]c2CNCCCOC(C)C)cn1. The highest BCUT2D eigenvalue weighted by Crippen LogP contribution is 2.10. The van der Waals surface area contributed by atoms with Crippen molar-refractivity contribution in [2.75, 3.05) is 13.2 Å². The summed E-state index contributed by atoms with van der Waals surface area (Å²) in [5, 5.41) is 10.4. The molecular weight excluding hydrogens is 304 g/mol. The van der Waals surface area contributed by atoms with Crippen LogP contribution in [0.3, 0.4) is 0 Å². The largest absolute Gasteiger partial charge is 0.379 e. The Hall–Kier alpha value is -2.05. The monoisotopic (exact) mass is 330 g/mol. The summed E-state index contributed by atoms with van der Waals surface area (Å²) < 4.78 is 5.50. The first-order chi connectivity index (χ1) is 11.6. The van der Waals surface area contributed by atoms with Crippen LogP contribution in [-0.2, 0) is 17.7 Å². The van der Waals surface area contributed by atoms with Gasteiger partial charge in [-0.2, -0.15) is 5.10 Å². The van der Waals surface area contributed by atoms with Gasteiger partial charge in [0.1, 0.15) is 0 Å². The maximum absolute atomic E-state index is 12.3. The number of hydrogen-bond donors (Lipinski definition) is 2. The number of ketones is 1. The third-order valence-corrected chi connectivity index (χ3v) is 3.64. The van der Waals surface area contributed by atoms with Gasteiger partial charge in [0.2, 0.25) is 0 Å². The summed E-state index contributed by atoms with van der Waals surface area (Å²) in [5.41, 5.74) is 3.41. The maximum Gasteiger partial charge on any atom is 0.168 e. The second-order valence-corrected chi connectivity index (χ2v) is 6.11. The van der Waals surface area contributed by atoms with Gasteiger partial charge < -0.3 is 10.1 Å². The van der Waals surface area contributed by atoms with E-state index in [0.717, 1.165) is 36.5 Å². The molecule has 0 radical (unpaired) electrons. The van der Waals surface area contributed by atoms with E-state index in [1.54, 1.807) is 12.4 Å². The third kappa shape index (κ3) is 5.86. The van der Waals surface area contributed by atoms with Crippen LogP contribution in [-0.4, -0.2) is 40.2 Å². The molecular formula is C18H26N4O2. The van der Waals surface area contributed by atoms with Crippen molar-refractivity contribution >= 4 is 5.78 Å². The van der Waals surface area contributed by atoms with E-state index in [1.165, 1.54) is 0 Å². The summed E-state index contributed by atoms with van der Waals surface area (Å²) in [7, 11) is 0. The molecule has 130 valence electrons. The van der Waals surface area contributed by atoms with E-state index in [-0.39, 0.29) is 11.9 Å². The lowest BCUT2D eigenvalue weighted by molar-refractivity contribution is 0.0770. The van der Waals surface area contributed by atoms with Crippen molar-refractivity contribution in [2.24, 2.45) is 0 Å². The standard InChI is InChI=1S/C18H26N4O2/c1-13(2)24-8-4-7-19-12-17-16(11-21-22-17)9-18(23)15-6-5-14(3)20-10-15/h5-6,10-11,13,19H,4,7-9,12H2,1-3H3,(H,21,22). The van der Waals surface area contributed by atoms with E-state index >= 15 is 0 Å². The number of H-pyrrole nitrogens is 1. The summed E-state index contributed by atoms with van der Waals surface area (Å²) >= 11 is 0. The fourth-order valence-corrected chi connectivity index (χ4v) is 2.28. The van der Waals surface area contributed by atoms with Gasteiger partial charge in [-0.15, -0.1) is 0 Å². The van der Waals surface area contributed by atoms with E-state index in [2.05, 4.69) is 20.5 Å². The fourth-order valence-electron chi connectivity index (χ4n) is 2.28. The van der Waals surface area contributed by atoms with Gasteiger partial charge >= 0.3 is 0 Å². The summed E-state index contributed by atoms with van der Waals surface area (Å²) in [5.74, 6) is 0.0514. The van der Waals surface area contributed by atoms with Gasteiger partial charge in [0.15, 0.2) is 5.78 Å². The molecule has 0 saturated heterocycles. The number of nitrogens with zero attached hydrogens (tertiary/aromatic N) is 2. The first-order valence-electron chi connectivity index (χ1n) is 8.35. The molecule has 0 aliphatic rings. The molecule has 0 aliphatic heterocycles. The minimum atomic E-state index is 0.0514. The summed E-state index contributed by atoms with van der Waals surface area (Å²) in [4.78, 5) is 16.5. The molecule has 2 heterocycles. The zero-order chi connectivity index (χ0) is 17.4. The molecule has 0 amide bonds. The van der Waals surface area contributed by atoms with Gasteiger partial charge in [-0.3, -0.25) is 14.9 Å². The molecule has 0 unspecified atom stereocenters. The van der Waals surface area contributed by atoms with Crippen LogP contribution < -0.4 is 5.32 Å². The lowest BCUT2D eigenvalue weighted by atomic mass is 10.0. The van der Waals surface area contributed by atoms with Gasteiger partial charge in [-0.1, -0.05) is 0 Å². The Morgan fingerprint density at radius 1 is 1.33 bits per heavy atom. The number of ether oxygens (including phenoxy) is 1. The summed E-state index contributed by atoms with van der Waals surface area (Å²) in [6.45, 7) is 8.24. The average Bonchev–Trinajstić information content (AvgIpc) is 2.98. The summed E-state index contributed by atoms with van der Waals surface area (Å²) in [6.07, 6.45) is 4.90. The molecule has 0 bridgehead atoms. The Bertz CT molecular complexity index is 635. The predicted molar refractivity (Wildman–Crippen MR) is 93.0 cm³/mol. The normalized spacial score (nSPS) is 11.2. The van der Waals surface area contributed by atoms with Crippen LogP contribution in [0.15, 0.2) is 24.5 Å². The number of hydrogen-bond acceptors (Lipinski definition) is 5. The highest BCUT2D eigenvalue weighted by Gasteiger charge is 2.12. The Balaban J connectivity index is 1.79. The van der Waals surface area contributed by atoms with Gasteiger partial charge in [-0.25, -0.2) is 0 Å². The van der Waals surface area contributed by atoms with Crippen LogP contribution in [0, 0.1) is 6.92 Å². The topological polar surface area (TPSA) is 79.9 Å². The molecule has 0 saturated carbocycles. The molecule has 0 aromatic carbocycles. The van der Waals surface area contributed by atoms with E-state index < -0.39 is 0 Å². The molecule has 0 atom stereocenters. The van der Waals surface area contributed by atoms with E-state index in [9.17, 15) is 4.79 Å². The number of carbonyl (C=O) groups excluding carboxylic acids is 1. The van der Waals surface area contributed by atoms with Crippen LogP contribution in [0.5, 0.6) is 0 Å². The van der Waals surface area contributed by atoms with Crippen molar-refractivity contribution in [2.45, 2.75) is 46.3 Å². The molecule has 0 fully saturated rings. The Labute approximate surface area is 143 Å². The molecule has 6 heteroatoms. The van der Waals surface area contributed by atoms with Crippen LogP contribution in [0.4, 0.5) is 0 Å². The zero-order valence-corrected chi connectivity index (χ0v) is 14.6. The predicted octanol–water partition coefficient (Wildman–Crippen LogP) is 2.44. The summed E-state index contributed by atoms with van der Waals surface area (Å²) in [6, 6.07) is 3.67. The van der Waals surface area contributed by atoms with Crippen molar-refractivity contribution in [1.29, 1.82) is 0 Å². The number of pyridine rings is 1. The quantitative estimate of drug-likeness (QED) is 0.517. The lowest BCUT2D eigenvalue weighted by Gasteiger charge is -2.08. The van der Waals surface area contributed by atoms with Gasteiger partial charge in [0.25, 0.3) is 0 Å². The van der Waals surface area contributed by atoms with E-state index in [0.29, 0.717) is 18.5 Å². The molecule has 24 heavy (non-hydrogen) atoms. The van der Waals surface area contributed by atoms with Crippen molar-refractivity contribution in [3.63, 3.8) is 0 Å². The van der Waals surface area contributed by atoms with Crippen molar-refractivity contribution < 1.29 is 9.53 Å². The van der Waals surface area contributed by atoms with Crippen molar-refractivity contribution in [1.82, 2.24) is 20.5 Å². The first kappa shape index (κ1) is 18.3. The number of rotatable bonds is 10. The smallest absolute Gasteiger partial charge is 0.168 e.